The lowest BCUT2D eigenvalue weighted by Crippen LogP contribution is -2.13. The van der Waals surface area contributed by atoms with Crippen molar-refractivity contribution < 1.29 is 17.9 Å². The van der Waals surface area contributed by atoms with E-state index in [1.54, 1.807) is 36.4 Å². The van der Waals surface area contributed by atoms with Crippen molar-refractivity contribution in [1.29, 1.82) is 0 Å². The third kappa shape index (κ3) is 7.92. The zero-order valence-corrected chi connectivity index (χ0v) is 24.3. The van der Waals surface area contributed by atoms with Crippen molar-refractivity contribution in [2.45, 2.75) is 103 Å². The maximum Gasteiger partial charge on any atom is 0.201 e. The van der Waals surface area contributed by atoms with E-state index < -0.39 is 11.6 Å². The minimum atomic E-state index is -0.972. The molecule has 1 aliphatic carbocycles. The van der Waals surface area contributed by atoms with Crippen LogP contribution in [0.5, 0.6) is 5.75 Å². The Morgan fingerprint density at radius 1 is 0.650 bits per heavy atom. The molecule has 1 fully saturated rings. The van der Waals surface area contributed by atoms with Crippen LogP contribution in [0.25, 0.3) is 22.3 Å². The van der Waals surface area contributed by atoms with Gasteiger partial charge in [0.2, 0.25) is 5.82 Å². The lowest BCUT2D eigenvalue weighted by molar-refractivity contribution is 0.286. The lowest BCUT2D eigenvalue weighted by Gasteiger charge is -2.29. The van der Waals surface area contributed by atoms with Crippen molar-refractivity contribution in [2.24, 2.45) is 5.92 Å². The van der Waals surface area contributed by atoms with Crippen molar-refractivity contribution in [3.8, 4) is 28.0 Å². The van der Waals surface area contributed by atoms with Crippen LogP contribution in [0, 0.1) is 23.4 Å². The Kier molecular flexibility index (Phi) is 11.6. The summed E-state index contributed by atoms with van der Waals surface area (Å²) < 4.78 is 50.1. The molecular formula is C36H45F3O. The SMILES string of the molecule is CCCCCCCC1CCC(c2ccc(-c3ccc(-c4ccc(OCCCCC)c(F)c4F)cc3)c(F)c2)CC1. The van der Waals surface area contributed by atoms with Crippen LogP contribution in [0.4, 0.5) is 13.2 Å². The topological polar surface area (TPSA) is 9.23 Å². The van der Waals surface area contributed by atoms with Crippen molar-refractivity contribution in [2.75, 3.05) is 6.61 Å². The third-order valence-corrected chi connectivity index (χ3v) is 8.59. The molecule has 1 aliphatic rings. The Labute approximate surface area is 239 Å². The Bertz CT molecular complexity index is 1200. The van der Waals surface area contributed by atoms with Crippen LogP contribution >= 0.6 is 0 Å². The largest absolute Gasteiger partial charge is 0.490 e. The van der Waals surface area contributed by atoms with Crippen molar-refractivity contribution >= 4 is 0 Å². The lowest BCUT2D eigenvalue weighted by atomic mass is 9.77. The van der Waals surface area contributed by atoms with Gasteiger partial charge in [-0.05, 0) is 78.8 Å². The molecule has 0 aliphatic heterocycles. The third-order valence-electron chi connectivity index (χ3n) is 8.59. The summed E-state index contributed by atoms with van der Waals surface area (Å²) in [6, 6.07) is 15.6. The zero-order chi connectivity index (χ0) is 28.3. The van der Waals surface area contributed by atoms with Gasteiger partial charge in [0.25, 0.3) is 0 Å². The Morgan fingerprint density at radius 3 is 1.95 bits per heavy atom. The fourth-order valence-electron chi connectivity index (χ4n) is 6.07. The summed E-state index contributed by atoms with van der Waals surface area (Å²) in [6.07, 6.45) is 15.6. The monoisotopic (exact) mass is 550 g/mol. The van der Waals surface area contributed by atoms with Crippen LogP contribution < -0.4 is 4.74 Å². The Hall–Kier alpha value is -2.75. The first-order valence-corrected chi connectivity index (χ1v) is 15.5. The van der Waals surface area contributed by atoms with Crippen LogP contribution in [0.15, 0.2) is 54.6 Å². The Balaban J connectivity index is 1.36. The number of hydrogen-bond donors (Lipinski definition) is 0. The summed E-state index contributed by atoms with van der Waals surface area (Å²) >= 11 is 0. The van der Waals surface area contributed by atoms with Crippen LogP contribution in [0.1, 0.15) is 109 Å². The molecule has 4 heteroatoms. The maximum atomic E-state index is 15.2. The standard InChI is InChI=1S/C36H45F3O/c1-3-5-7-8-9-11-26-12-14-27(15-13-26)30-20-21-31(33(37)25-30)28-16-18-29(19-17-28)32-22-23-34(36(39)35(32)38)40-24-10-6-4-2/h16-23,25-27H,3-15,24H2,1-2H3. The van der Waals surface area contributed by atoms with Gasteiger partial charge in [-0.1, -0.05) is 102 Å². The fraction of sp³-hybridized carbons (Fsp3) is 0.500. The average Bonchev–Trinajstić information content (AvgIpc) is 2.98. The molecule has 0 unspecified atom stereocenters. The highest BCUT2D eigenvalue weighted by molar-refractivity contribution is 5.71. The minimum Gasteiger partial charge on any atom is -0.490 e. The molecule has 3 aromatic carbocycles. The van der Waals surface area contributed by atoms with E-state index in [1.807, 2.05) is 6.07 Å². The molecule has 0 spiro atoms. The van der Waals surface area contributed by atoms with E-state index >= 15 is 4.39 Å². The van der Waals surface area contributed by atoms with Gasteiger partial charge in [0.1, 0.15) is 5.82 Å². The van der Waals surface area contributed by atoms with E-state index in [0.29, 0.717) is 23.7 Å². The molecule has 216 valence electrons. The molecule has 1 nitrogen and oxygen atoms in total. The van der Waals surface area contributed by atoms with E-state index in [9.17, 15) is 8.78 Å². The summed E-state index contributed by atoms with van der Waals surface area (Å²) in [4.78, 5) is 0. The van der Waals surface area contributed by atoms with Gasteiger partial charge in [0.15, 0.2) is 11.6 Å². The van der Waals surface area contributed by atoms with Gasteiger partial charge in [-0.15, -0.1) is 0 Å². The van der Waals surface area contributed by atoms with E-state index in [4.69, 9.17) is 4.74 Å². The second kappa shape index (κ2) is 15.3. The summed E-state index contributed by atoms with van der Waals surface area (Å²) in [6.45, 7) is 4.69. The molecular weight excluding hydrogens is 505 g/mol. The highest BCUT2D eigenvalue weighted by Crippen LogP contribution is 2.39. The van der Waals surface area contributed by atoms with Gasteiger partial charge < -0.3 is 4.74 Å². The van der Waals surface area contributed by atoms with E-state index in [2.05, 4.69) is 19.9 Å². The predicted molar refractivity (Wildman–Crippen MR) is 160 cm³/mol. The molecule has 0 N–H and O–H groups in total. The second-order valence-electron chi connectivity index (χ2n) is 11.5. The molecule has 3 aromatic rings. The first kappa shape index (κ1) is 30.2. The van der Waals surface area contributed by atoms with Gasteiger partial charge in [0.05, 0.1) is 6.61 Å². The van der Waals surface area contributed by atoms with Gasteiger partial charge in [-0.25, -0.2) is 8.78 Å². The van der Waals surface area contributed by atoms with E-state index in [-0.39, 0.29) is 17.1 Å². The molecule has 0 saturated heterocycles. The van der Waals surface area contributed by atoms with Gasteiger partial charge in [-0.2, -0.15) is 4.39 Å². The van der Waals surface area contributed by atoms with Crippen LogP contribution in [0.3, 0.4) is 0 Å². The number of rotatable bonds is 14. The van der Waals surface area contributed by atoms with Gasteiger partial charge >= 0.3 is 0 Å². The van der Waals surface area contributed by atoms with Gasteiger partial charge in [-0.3, -0.25) is 0 Å². The number of ether oxygens (including phenoxy) is 1. The molecule has 0 bridgehead atoms. The van der Waals surface area contributed by atoms with E-state index in [1.165, 1.54) is 57.4 Å². The number of benzene rings is 3. The van der Waals surface area contributed by atoms with Crippen LogP contribution in [-0.2, 0) is 0 Å². The zero-order valence-electron chi connectivity index (χ0n) is 24.3. The quantitative estimate of drug-likeness (QED) is 0.181. The summed E-state index contributed by atoms with van der Waals surface area (Å²) in [5.41, 5.74) is 3.04. The molecule has 40 heavy (non-hydrogen) atoms. The minimum absolute atomic E-state index is 0.0629. The summed E-state index contributed by atoms with van der Waals surface area (Å²) in [5, 5.41) is 0. The first-order chi connectivity index (χ1) is 19.5. The smallest absolute Gasteiger partial charge is 0.201 e. The summed E-state index contributed by atoms with van der Waals surface area (Å²) in [7, 11) is 0. The van der Waals surface area contributed by atoms with Crippen LogP contribution in [0.2, 0.25) is 0 Å². The van der Waals surface area contributed by atoms with Crippen molar-refractivity contribution in [3.05, 3.63) is 77.6 Å². The predicted octanol–water partition coefficient (Wildman–Crippen LogP) is 11.6. The Morgan fingerprint density at radius 2 is 1.27 bits per heavy atom. The molecule has 4 rings (SSSR count). The molecule has 0 radical (unpaired) electrons. The summed E-state index contributed by atoms with van der Waals surface area (Å²) in [5.74, 6) is -0.938. The fourth-order valence-corrected chi connectivity index (χ4v) is 6.07. The average molecular weight is 551 g/mol. The number of hydrogen-bond acceptors (Lipinski definition) is 1. The second-order valence-corrected chi connectivity index (χ2v) is 11.5. The number of unbranched alkanes of at least 4 members (excludes halogenated alkanes) is 6. The highest BCUT2D eigenvalue weighted by Gasteiger charge is 2.23. The van der Waals surface area contributed by atoms with E-state index in [0.717, 1.165) is 49.1 Å². The molecule has 0 amide bonds. The maximum absolute atomic E-state index is 15.2. The first-order valence-electron chi connectivity index (χ1n) is 15.5. The van der Waals surface area contributed by atoms with Gasteiger partial charge in [0, 0.05) is 11.1 Å². The van der Waals surface area contributed by atoms with Crippen molar-refractivity contribution in [3.63, 3.8) is 0 Å². The normalized spacial score (nSPS) is 17.2. The molecule has 0 heterocycles. The highest BCUT2D eigenvalue weighted by atomic mass is 19.2. The van der Waals surface area contributed by atoms with Crippen molar-refractivity contribution in [1.82, 2.24) is 0 Å². The molecule has 1 saturated carbocycles. The molecule has 0 atom stereocenters. The van der Waals surface area contributed by atoms with Crippen LogP contribution in [-0.4, -0.2) is 6.61 Å². The number of halogens is 3. The molecule has 0 aromatic heterocycles.